The van der Waals surface area contributed by atoms with E-state index in [0.717, 1.165) is 6.42 Å². The molecule has 0 aromatic rings. The van der Waals surface area contributed by atoms with Crippen LogP contribution in [0, 0.1) is 23.7 Å². The molecule has 1 aliphatic carbocycles. The fourth-order valence-electron chi connectivity index (χ4n) is 2.93. The van der Waals surface area contributed by atoms with Crippen molar-refractivity contribution in [2.75, 3.05) is 13.7 Å². The van der Waals surface area contributed by atoms with Crippen molar-refractivity contribution in [2.45, 2.75) is 59.0 Å². The Hall–Kier alpha value is -0.710. The van der Waals surface area contributed by atoms with Gasteiger partial charge in [0.2, 0.25) is 11.8 Å². The Morgan fingerprint density at radius 3 is 2.24 bits per heavy atom. The Bertz CT molecular complexity index is 337. The Kier molecular flexibility index (Phi) is 6.57. The fraction of sp³-hybridized carbons (Fsp3) is 0.938. The van der Waals surface area contributed by atoms with E-state index in [4.69, 9.17) is 4.74 Å². The molecule has 5 heteroatoms. The highest BCUT2D eigenvalue weighted by Crippen LogP contribution is 2.44. The number of amides is 1. The molecular formula is C16H29F2NO2. The quantitative estimate of drug-likeness (QED) is 0.745. The second-order valence-corrected chi connectivity index (χ2v) is 7.02. The second-order valence-electron chi connectivity index (χ2n) is 7.02. The van der Waals surface area contributed by atoms with Crippen molar-refractivity contribution in [3.8, 4) is 0 Å². The summed E-state index contributed by atoms with van der Waals surface area (Å²) in [6.07, 6.45) is 0.241. The number of hydrogen-bond donors (Lipinski definition) is 1. The van der Waals surface area contributed by atoms with E-state index in [1.165, 1.54) is 7.11 Å². The van der Waals surface area contributed by atoms with Gasteiger partial charge in [0.25, 0.3) is 0 Å². The molecule has 0 radical (unpaired) electrons. The van der Waals surface area contributed by atoms with Crippen LogP contribution in [-0.4, -0.2) is 31.6 Å². The number of ether oxygens (including phenoxy) is 1. The molecule has 0 aromatic carbocycles. The molecule has 0 saturated heterocycles. The van der Waals surface area contributed by atoms with Gasteiger partial charge in [-0.15, -0.1) is 0 Å². The monoisotopic (exact) mass is 305 g/mol. The van der Waals surface area contributed by atoms with Crippen molar-refractivity contribution in [3.05, 3.63) is 0 Å². The molecule has 0 aromatic heterocycles. The van der Waals surface area contributed by atoms with Crippen LogP contribution >= 0.6 is 0 Å². The van der Waals surface area contributed by atoms with E-state index in [1.54, 1.807) is 0 Å². The zero-order chi connectivity index (χ0) is 16.2. The van der Waals surface area contributed by atoms with Gasteiger partial charge in [0, 0.05) is 32.4 Å². The van der Waals surface area contributed by atoms with Gasteiger partial charge in [-0.3, -0.25) is 4.79 Å². The van der Waals surface area contributed by atoms with Crippen LogP contribution in [0.4, 0.5) is 8.78 Å². The third-order valence-corrected chi connectivity index (χ3v) is 4.29. The molecule has 0 bridgehead atoms. The first-order valence-corrected chi connectivity index (χ1v) is 7.84. The normalized spacial score (nSPS) is 21.2. The topological polar surface area (TPSA) is 38.3 Å². The average Bonchev–Trinajstić information content (AvgIpc) is 2.33. The van der Waals surface area contributed by atoms with Crippen molar-refractivity contribution in [1.29, 1.82) is 0 Å². The summed E-state index contributed by atoms with van der Waals surface area (Å²) in [5, 5.41) is 2.89. The third-order valence-electron chi connectivity index (χ3n) is 4.29. The first-order chi connectivity index (χ1) is 9.66. The minimum atomic E-state index is -2.55. The summed E-state index contributed by atoms with van der Waals surface area (Å²) in [7, 11) is 1.52. The summed E-state index contributed by atoms with van der Waals surface area (Å²) in [6, 6.07) is 0. The van der Waals surface area contributed by atoms with Crippen LogP contribution in [-0.2, 0) is 9.53 Å². The molecule has 1 N–H and O–H groups in total. The lowest BCUT2D eigenvalue weighted by Crippen LogP contribution is -2.48. The molecule has 3 nitrogen and oxygen atoms in total. The zero-order valence-corrected chi connectivity index (χ0v) is 13.8. The highest BCUT2D eigenvalue weighted by atomic mass is 19.3. The predicted molar refractivity (Wildman–Crippen MR) is 79.3 cm³/mol. The van der Waals surface area contributed by atoms with Gasteiger partial charge in [-0.25, -0.2) is 8.78 Å². The van der Waals surface area contributed by atoms with E-state index in [-0.39, 0.29) is 42.6 Å². The number of carbonyl (C=O) groups is 1. The van der Waals surface area contributed by atoms with Crippen LogP contribution < -0.4 is 5.32 Å². The molecule has 0 spiro atoms. The Labute approximate surface area is 126 Å². The largest absolute Gasteiger partial charge is 0.379 e. The zero-order valence-electron chi connectivity index (χ0n) is 13.8. The van der Waals surface area contributed by atoms with Crippen LogP contribution in [0.5, 0.6) is 0 Å². The summed E-state index contributed by atoms with van der Waals surface area (Å²) in [4.78, 5) is 12.3. The van der Waals surface area contributed by atoms with Crippen molar-refractivity contribution < 1.29 is 18.3 Å². The molecule has 1 saturated carbocycles. The number of rotatable bonds is 8. The maximum absolute atomic E-state index is 12.9. The molecule has 21 heavy (non-hydrogen) atoms. The summed E-state index contributed by atoms with van der Waals surface area (Å²) in [5.74, 6) is -2.03. The summed E-state index contributed by atoms with van der Waals surface area (Å²) in [5.41, 5.74) is 0. The van der Waals surface area contributed by atoms with E-state index in [1.807, 2.05) is 13.8 Å². The molecule has 2 atom stereocenters. The maximum Gasteiger partial charge on any atom is 0.248 e. The van der Waals surface area contributed by atoms with Crippen LogP contribution in [0.25, 0.3) is 0 Å². The minimum absolute atomic E-state index is 0.00633. The van der Waals surface area contributed by atoms with Crippen molar-refractivity contribution in [2.24, 2.45) is 23.7 Å². The standard InChI is InChI=1S/C16H29F2NO2/c1-10(2)6-13(11(3)4)15(20)19-9-14(21-5)12-7-16(17,18)8-12/h10-14H,6-9H2,1-5H3,(H,19,20). The molecule has 1 fully saturated rings. The average molecular weight is 305 g/mol. The summed E-state index contributed by atoms with van der Waals surface area (Å²) >= 11 is 0. The van der Waals surface area contributed by atoms with E-state index in [2.05, 4.69) is 19.2 Å². The maximum atomic E-state index is 12.9. The number of nitrogens with one attached hydrogen (secondary N) is 1. The number of hydrogen-bond acceptors (Lipinski definition) is 2. The number of carbonyl (C=O) groups excluding carboxylic acids is 1. The molecule has 2 unspecified atom stereocenters. The lowest BCUT2D eigenvalue weighted by Gasteiger charge is -2.39. The SMILES string of the molecule is COC(CNC(=O)C(CC(C)C)C(C)C)C1CC(F)(F)C1. The molecule has 0 aliphatic heterocycles. The number of alkyl halides is 2. The van der Waals surface area contributed by atoms with Gasteiger partial charge in [0.05, 0.1) is 6.10 Å². The van der Waals surface area contributed by atoms with Crippen LogP contribution in [0.2, 0.25) is 0 Å². The first-order valence-electron chi connectivity index (χ1n) is 7.84. The first kappa shape index (κ1) is 18.3. The number of methoxy groups -OCH3 is 1. The lowest BCUT2D eigenvalue weighted by atomic mass is 9.77. The fourth-order valence-corrected chi connectivity index (χ4v) is 2.93. The van der Waals surface area contributed by atoms with Gasteiger partial charge in [-0.05, 0) is 24.2 Å². The van der Waals surface area contributed by atoms with Gasteiger partial charge in [-0.1, -0.05) is 27.7 Å². The van der Waals surface area contributed by atoms with Crippen LogP contribution in [0.3, 0.4) is 0 Å². The molecule has 1 rings (SSSR count). The molecule has 124 valence electrons. The van der Waals surface area contributed by atoms with E-state index in [9.17, 15) is 13.6 Å². The molecule has 1 aliphatic rings. The Morgan fingerprint density at radius 2 is 1.86 bits per heavy atom. The van der Waals surface area contributed by atoms with Gasteiger partial charge in [0.15, 0.2) is 0 Å². The van der Waals surface area contributed by atoms with Gasteiger partial charge in [-0.2, -0.15) is 0 Å². The molecule has 0 heterocycles. The van der Waals surface area contributed by atoms with Crippen molar-refractivity contribution >= 4 is 5.91 Å². The van der Waals surface area contributed by atoms with E-state index in [0.29, 0.717) is 12.5 Å². The van der Waals surface area contributed by atoms with E-state index < -0.39 is 5.92 Å². The highest BCUT2D eigenvalue weighted by molar-refractivity contribution is 5.78. The van der Waals surface area contributed by atoms with Gasteiger partial charge >= 0.3 is 0 Å². The summed E-state index contributed by atoms with van der Waals surface area (Å²) < 4.78 is 31.1. The minimum Gasteiger partial charge on any atom is -0.379 e. The van der Waals surface area contributed by atoms with E-state index >= 15 is 0 Å². The smallest absolute Gasteiger partial charge is 0.248 e. The van der Waals surface area contributed by atoms with Crippen molar-refractivity contribution in [3.63, 3.8) is 0 Å². The lowest BCUT2D eigenvalue weighted by molar-refractivity contribution is -0.148. The van der Waals surface area contributed by atoms with Gasteiger partial charge < -0.3 is 10.1 Å². The molecular weight excluding hydrogens is 276 g/mol. The van der Waals surface area contributed by atoms with Crippen LogP contribution in [0.15, 0.2) is 0 Å². The Morgan fingerprint density at radius 1 is 1.29 bits per heavy atom. The highest BCUT2D eigenvalue weighted by Gasteiger charge is 2.48. The third kappa shape index (κ3) is 5.53. The second kappa shape index (κ2) is 7.52. The molecule has 1 amide bonds. The summed E-state index contributed by atoms with van der Waals surface area (Å²) in [6.45, 7) is 8.57. The number of halogens is 2. The Balaban J connectivity index is 2.45. The predicted octanol–water partition coefficient (Wildman–Crippen LogP) is 3.48. The van der Waals surface area contributed by atoms with Crippen molar-refractivity contribution in [1.82, 2.24) is 5.32 Å². The van der Waals surface area contributed by atoms with Crippen LogP contribution in [0.1, 0.15) is 47.0 Å². The van der Waals surface area contributed by atoms with Gasteiger partial charge in [0.1, 0.15) is 0 Å².